The summed E-state index contributed by atoms with van der Waals surface area (Å²) in [5.74, 6) is -0.487. The van der Waals surface area contributed by atoms with Crippen LogP contribution in [0.1, 0.15) is 30.1 Å². The van der Waals surface area contributed by atoms with Gasteiger partial charge in [0.1, 0.15) is 0 Å². The van der Waals surface area contributed by atoms with Crippen LogP contribution in [0.15, 0.2) is 29.2 Å². The first-order chi connectivity index (χ1) is 9.92. The van der Waals surface area contributed by atoms with Crippen molar-refractivity contribution in [1.82, 2.24) is 10.0 Å². The Morgan fingerprint density at radius 2 is 1.95 bits per heavy atom. The first kappa shape index (κ1) is 18.9. The molecule has 2 atom stereocenters. The van der Waals surface area contributed by atoms with Crippen molar-refractivity contribution < 1.29 is 17.9 Å². The molecule has 0 bridgehead atoms. The summed E-state index contributed by atoms with van der Waals surface area (Å²) in [6.45, 7) is 2.83. The summed E-state index contributed by atoms with van der Waals surface area (Å²) in [5, 5.41) is 3.28. The number of nitrogens with one attached hydrogen (secondary N) is 2. The summed E-state index contributed by atoms with van der Waals surface area (Å²) in [7, 11) is -2.28. The first-order valence-electron chi connectivity index (χ1n) is 6.86. The molecule has 124 valence electrons. The van der Waals surface area contributed by atoms with Crippen LogP contribution >= 0.6 is 12.4 Å². The van der Waals surface area contributed by atoms with E-state index in [0.717, 1.165) is 19.4 Å². The minimum atomic E-state index is -3.56. The van der Waals surface area contributed by atoms with E-state index in [4.69, 9.17) is 0 Å². The monoisotopic (exact) mass is 348 g/mol. The van der Waals surface area contributed by atoms with Crippen LogP contribution in [0.3, 0.4) is 0 Å². The highest BCUT2D eigenvalue weighted by Gasteiger charge is 2.24. The van der Waals surface area contributed by atoms with Gasteiger partial charge in [0.2, 0.25) is 10.0 Å². The van der Waals surface area contributed by atoms with Gasteiger partial charge in [-0.1, -0.05) is 0 Å². The normalized spacial score (nSPS) is 21.7. The lowest BCUT2D eigenvalue weighted by molar-refractivity contribution is 0.0600. The number of piperidine rings is 1. The van der Waals surface area contributed by atoms with Gasteiger partial charge in [0.25, 0.3) is 0 Å². The Bertz CT molecular complexity index is 604. The van der Waals surface area contributed by atoms with Crippen molar-refractivity contribution in [2.24, 2.45) is 0 Å². The minimum absolute atomic E-state index is 0. The first-order valence-corrected chi connectivity index (χ1v) is 8.35. The maximum Gasteiger partial charge on any atom is 0.337 e. The number of methoxy groups -OCH3 is 1. The van der Waals surface area contributed by atoms with E-state index in [1.54, 1.807) is 0 Å². The fraction of sp³-hybridized carbons (Fsp3) is 0.500. The van der Waals surface area contributed by atoms with Gasteiger partial charge < -0.3 is 10.1 Å². The van der Waals surface area contributed by atoms with Gasteiger partial charge in [-0.25, -0.2) is 17.9 Å². The van der Waals surface area contributed by atoms with Crippen LogP contribution in [-0.4, -0.2) is 40.1 Å². The Morgan fingerprint density at radius 1 is 1.32 bits per heavy atom. The van der Waals surface area contributed by atoms with Gasteiger partial charge in [-0.3, -0.25) is 0 Å². The second-order valence-electron chi connectivity index (χ2n) is 5.21. The molecule has 0 aromatic heterocycles. The van der Waals surface area contributed by atoms with Gasteiger partial charge in [-0.05, 0) is 50.6 Å². The molecule has 0 aliphatic carbocycles. The molecule has 2 unspecified atom stereocenters. The zero-order valence-electron chi connectivity index (χ0n) is 12.5. The molecule has 1 aromatic carbocycles. The lowest BCUT2D eigenvalue weighted by atomic mass is 10.0. The largest absolute Gasteiger partial charge is 0.465 e. The molecule has 1 aromatic rings. The molecular formula is C14H21ClN2O4S. The number of esters is 1. The molecule has 2 rings (SSSR count). The zero-order chi connectivity index (χ0) is 15.5. The third kappa shape index (κ3) is 4.67. The van der Waals surface area contributed by atoms with Gasteiger partial charge in [0.15, 0.2) is 0 Å². The number of carbonyl (C=O) groups excluding carboxylic acids is 1. The molecule has 2 N–H and O–H groups in total. The van der Waals surface area contributed by atoms with E-state index in [-0.39, 0.29) is 23.3 Å². The Labute approximate surface area is 137 Å². The summed E-state index contributed by atoms with van der Waals surface area (Å²) >= 11 is 0. The van der Waals surface area contributed by atoms with Crippen molar-refractivity contribution >= 4 is 28.4 Å². The molecule has 1 fully saturated rings. The number of rotatable bonds is 4. The van der Waals surface area contributed by atoms with Gasteiger partial charge >= 0.3 is 5.97 Å². The van der Waals surface area contributed by atoms with Crippen LogP contribution in [-0.2, 0) is 14.8 Å². The lowest BCUT2D eigenvalue weighted by Crippen LogP contribution is -2.46. The van der Waals surface area contributed by atoms with Gasteiger partial charge in [-0.15, -0.1) is 12.4 Å². The Hall–Kier alpha value is -1.15. The molecule has 1 aliphatic rings. The van der Waals surface area contributed by atoms with E-state index in [1.807, 2.05) is 6.92 Å². The molecule has 1 saturated heterocycles. The Kier molecular flexibility index (Phi) is 6.80. The van der Waals surface area contributed by atoms with Crippen LogP contribution in [0.4, 0.5) is 0 Å². The third-order valence-corrected chi connectivity index (χ3v) is 5.07. The van der Waals surface area contributed by atoms with Crippen LogP contribution < -0.4 is 10.0 Å². The van der Waals surface area contributed by atoms with E-state index in [1.165, 1.54) is 31.4 Å². The standard InChI is InChI=1S/C14H20N2O4S.ClH/c1-10-9-12(7-8-15-10)16-21(18,19)13-5-3-11(4-6-13)14(17)20-2;/h3-6,10,12,15-16H,7-9H2,1-2H3;1H. The molecule has 0 spiro atoms. The number of carbonyl (C=O) groups is 1. The molecule has 0 saturated carbocycles. The maximum absolute atomic E-state index is 12.3. The van der Waals surface area contributed by atoms with Crippen molar-refractivity contribution in [3.8, 4) is 0 Å². The number of ether oxygens (including phenoxy) is 1. The average molecular weight is 349 g/mol. The Balaban J connectivity index is 0.00000242. The van der Waals surface area contributed by atoms with E-state index in [2.05, 4.69) is 14.8 Å². The van der Waals surface area contributed by atoms with Crippen molar-refractivity contribution in [2.45, 2.75) is 36.7 Å². The highest BCUT2D eigenvalue weighted by molar-refractivity contribution is 7.89. The topological polar surface area (TPSA) is 84.5 Å². The molecule has 8 heteroatoms. The summed E-state index contributed by atoms with van der Waals surface area (Å²) in [4.78, 5) is 11.5. The van der Waals surface area contributed by atoms with Crippen LogP contribution in [0.25, 0.3) is 0 Å². The molecule has 6 nitrogen and oxygen atoms in total. The summed E-state index contributed by atoms with van der Waals surface area (Å²) in [6, 6.07) is 5.97. The summed E-state index contributed by atoms with van der Waals surface area (Å²) < 4.78 is 31.9. The van der Waals surface area contributed by atoms with Crippen molar-refractivity contribution in [1.29, 1.82) is 0 Å². The van der Waals surface area contributed by atoms with E-state index >= 15 is 0 Å². The predicted molar refractivity (Wildman–Crippen MR) is 85.8 cm³/mol. The number of hydrogen-bond donors (Lipinski definition) is 2. The number of benzene rings is 1. The molecule has 0 amide bonds. The molecule has 1 aliphatic heterocycles. The fourth-order valence-electron chi connectivity index (χ4n) is 2.41. The Morgan fingerprint density at radius 3 is 2.50 bits per heavy atom. The zero-order valence-corrected chi connectivity index (χ0v) is 14.2. The molecule has 0 radical (unpaired) electrons. The SMILES string of the molecule is COC(=O)c1ccc(S(=O)(=O)NC2CCNC(C)C2)cc1.Cl. The van der Waals surface area contributed by atoms with Gasteiger partial charge in [0, 0.05) is 12.1 Å². The molecule has 22 heavy (non-hydrogen) atoms. The summed E-state index contributed by atoms with van der Waals surface area (Å²) in [5.41, 5.74) is 0.326. The third-order valence-electron chi connectivity index (χ3n) is 3.53. The molecule has 1 heterocycles. The quantitative estimate of drug-likeness (QED) is 0.801. The highest BCUT2D eigenvalue weighted by Crippen LogP contribution is 2.15. The average Bonchev–Trinajstić information content (AvgIpc) is 2.46. The lowest BCUT2D eigenvalue weighted by Gasteiger charge is -2.28. The van der Waals surface area contributed by atoms with Crippen LogP contribution in [0.2, 0.25) is 0 Å². The smallest absolute Gasteiger partial charge is 0.337 e. The molecular weight excluding hydrogens is 328 g/mol. The van der Waals surface area contributed by atoms with Gasteiger partial charge in [-0.2, -0.15) is 0 Å². The second kappa shape index (κ2) is 7.92. The fourth-order valence-corrected chi connectivity index (χ4v) is 3.70. The van der Waals surface area contributed by atoms with Crippen molar-refractivity contribution in [3.63, 3.8) is 0 Å². The highest BCUT2D eigenvalue weighted by atomic mass is 35.5. The maximum atomic E-state index is 12.3. The van der Waals surface area contributed by atoms with Gasteiger partial charge in [0.05, 0.1) is 17.6 Å². The number of halogens is 1. The van der Waals surface area contributed by atoms with Crippen LogP contribution in [0.5, 0.6) is 0 Å². The minimum Gasteiger partial charge on any atom is -0.465 e. The van der Waals surface area contributed by atoms with Crippen molar-refractivity contribution in [2.75, 3.05) is 13.7 Å². The van der Waals surface area contributed by atoms with Crippen LogP contribution in [0, 0.1) is 0 Å². The van der Waals surface area contributed by atoms with E-state index in [9.17, 15) is 13.2 Å². The number of hydrogen-bond acceptors (Lipinski definition) is 5. The second-order valence-corrected chi connectivity index (χ2v) is 6.93. The summed E-state index contributed by atoms with van der Waals surface area (Å²) in [6.07, 6.45) is 1.53. The van der Waals surface area contributed by atoms with E-state index < -0.39 is 16.0 Å². The number of sulfonamides is 1. The van der Waals surface area contributed by atoms with Crippen molar-refractivity contribution in [3.05, 3.63) is 29.8 Å². The van der Waals surface area contributed by atoms with E-state index in [0.29, 0.717) is 11.6 Å². The predicted octanol–water partition coefficient (Wildman–Crippen LogP) is 1.31.